The molecule has 2 aliphatic rings. The molecule has 1 saturated carbocycles. The van der Waals surface area contributed by atoms with Crippen LogP contribution in [-0.2, 0) is 9.53 Å². The minimum absolute atomic E-state index is 0.146. The highest BCUT2D eigenvalue weighted by Gasteiger charge is 2.38. The van der Waals surface area contributed by atoms with Crippen LogP contribution < -0.4 is 10.6 Å². The van der Waals surface area contributed by atoms with Gasteiger partial charge < -0.3 is 15.4 Å². The molecule has 0 radical (unpaired) electrons. The van der Waals surface area contributed by atoms with E-state index in [9.17, 15) is 4.79 Å². The van der Waals surface area contributed by atoms with E-state index < -0.39 is 0 Å². The average Bonchev–Trinajstić information content (AvgIpc) is 3.04. The quantitative estimate of drug-likeness (QED) is 0.654. The number of hydrogen-bond donors (Lipinski definition) is 2. The zero-order valence-corrected chi connectivity index (χ0v) is 10.8. The predicted molar refractivity (Wildman–Crippen MR) is 66.8 cm³/mol. The normalized spacial score (nSPS) is 28.3. The number of rotatable bonds is 7. The molecule has 2 fully saturated rings. The van der Waals surface area contributed by atoms with Crippen molar-refractivity contribution in [3.63, 3.8) is 0 Å². The average molecular weight is 240 g/mol. The Bertz CT molecular complexity index is 258. The molecule has 0 aromatic carbocycles. The number of ether oxygens (including phenoxy) is 1. The fraction of sp³-hybridized carbons (Fsp3) is 0.923. The maximum Gasteiger partial charge on any atom is 0.240 e. The molecule has 4 nitrogen and oxygen atoms in total. The first-order chi connectivity index (χ1) is 8.27. The standard InChI is InChI=1S/C13H24N2O2/c1-2-13(6-3-7-15-13)12(16)14-8-9-17-10-11-4-5-11/h11,15H,2-10H2,1H3,(H,14,16). The number of nitrogens with one attached hydrogen (secondary N) is 2. The Hall–Kier alpha value is -0.610. The molecule has 2 rings (SSSR count). The second-order valence-electron chi connectivity index (χ2n) is 5.24. The van der Waals surface area contributed by atoms with Gasteiger partial charge in [-0.25, -0.2) is 0 Å². The van der Waals surface area contributed by atoms with Gasteiger partial charge in [-0.3, -0.25) is 4.79 Å². The summed E-state index contributed by atoms with van der Waals surface area (Å²) in [6, 6.07) is 0. The van der Waals surface area contributed by atoms with Gasteiger partial charge in [-0.1, -0.05) is 6.92 Å². The SMILES string of the molecule is CCC1(C(=O)NCCOCC2CC2)CCCN1. The Balaban J connectivity index is 1.61. The van der Waals surface area contributed by atoms with Gasteiger partial charge in [-0.2, -0.15) is 0 Å². The van der Waals surface area contributed by atoms with Crippen molar-refractivity contribution in [2.75, 3.05) is 26.3 Å². The summed E-state index contributed by atoms with van der Waals surface area (Å²) in [6.45, 7) is 5.17. The molecule has 2 N–H and O–H groups in total. The van der Waals surface area contributed by atoms with Gasteiger partial charge in [-0.15, -0.1) is 0 Å². The highest BCUT2D eigenvalue weighted by atomic mass is 16.5. The van der Waals surface area contributed by atoms with Crippen LogP contribution in [0, 0.1) is 5.92 Å². The Morgan fingerprint density at radius 2 is 2.35 bits per heavy atom. The van der Waals surface area contributed by atoms with Gasteiger partial charge in [0.15, 0.2) is 0 Å². The van der Waals surface area contributed by atoms with Crippen LogP contribution in [0.25, 0.3) is 0 Å². The second-order valence-corrected chi connectivity index (χ2v) is 5.24. The predicted octanol–water partition coefficient (Wildman–Crippen LogP) is 1.06. The lowest BCUT2D eigenvalue weighted by Crippen LogP contribution is -2.53. The molecule has 0 bridgehead atoms. The van der Waals surface area contributed by atoms with E-state index in [1.54, 1.807) is 0 Å². The topological polar surface area (TPSA) is 50.4 Å². The van der Waals surface area contributed by atoms with Crippen molar-refractivity contribution in [2.45, 2.75) is 44.6 Å². The molecule has 4 heteroatoms. The molecule has 1 aliphatic heterocycles. The molecule has 0 aromatic heterocycles. The third-order valence-corrected chi connectivity index (χ3v) is 3.86. The van der Waals surface area contributed by atoms with E-state index >= 15 is 0 Å². The minimum atomic E-state index is -0.309. The summed E-state index contributed by atoms with van der Waals surface area (Å²) in [7, 11) is 0. The van der Waals surface area contributed by atoms with E-state index in [4.69, 9.17) is 4.74 Å². The Morgan fingerprint density at radius 3 is 2.94 bits per heavy atom. The summed E-state index contributed by atoms with van der Waals surface area (Å²) >= 11 is 0. The van der Waals surface area contributed by atoms with Crippen molar-refractivity contribution in [3.8, 4) is 0 Å². The highest BCUT2D eigenvalue weighted by Crippen LogP contribution is 2.28. The lowest BCUT2D eigenvalue weighted by molar-refractivity contribution is -0.127. The summed E-state index contributed by atoms with van der Waals surface area (Å²) in [5.41, 5.74) is -0.309. The lowest BCUT2D eigenvalue weighted by Gasteiger charge is -2.26. The molecule has 17 heavy (non-hydrogen) atoms. The summed E-state index contributed by atoms with van der Waals surface area (Å²) in [5, 5.41) is 6.32. The maximum atomic E-state index is 12.1. The van der Waals surface area contributed by atoms with E-state index in [-0.39, 0.29) is 11.4 Å². The van der Waals surface area contributed by atoms with Gasteiger partial charge in [0, 0.05) is 13.2 Å². The molecule has 1 amide bonds. The molecule has 1 heterocycles. The van der Waals surface area contributed by atoms with Crippen LogP contribution in [0.4, 0.5) is 0 Å². The molecular formula is C13H24N2O2. The molecule has 1 atom stereocenters. The molecule has 1 unspecified atom stereocenters. The zero-order valence-electron chi connectivity index (χ0n) is 10.8. The summed E-state index contributed by atoms with van der Waals surface area (Å²) in [6.07, 6.45) is 5.55. The zero-order chi connectivity index (χ0) is 12.1. The Kier molecular flexibility index (Phi) is 4.40. The number of hydrogen-bond acceptors (Lipinski definition) is 3. The van der Waals surface area contributed by atoms with Gasteiger partial charge in [0.1, 0.15) is 0 Å². The fourth-order valence-corrected chi connectivity index (χ4v) is 2.40. The van der Waals surface area contributed by atoms with Gasteiger partial charge in [0.05, 0.1) is 12.1 Å². The molecular weight excluding hydrogens is 216 g/mol. The molecule has 98 valence electrons. The van der Waals surface area contributed by atoms with Crippen molar-refractivity contribution >= 4 is 5.91 Å². The molecule has 1 aliphatic carbocycles. The van der Waals surface area contributed by atoms with Crippen molar-refractivity contribution in [1.29, 1.82) is 0 Å². The van der Waals surface area contributed by atoms with Crippen molar-refractivity contribution in [1.82, 2.24) is 10.6 Å². The maximum absolute atomic E-state index is 12.1. The largest absolute Gasteiger partial charge is 0.379 e. The Morgan fingerprint density at radius 1 is 1.53 bits per heavy atom. The van der Waals surface area contributed by atoms with Crippen LogP contribution in [0.15, 0.2) is 0 Å². The van der Waals surface area contributed by atoms with Gasteiger partial charge in [0.25, 0.3) is 0 Å². The lowest BCUT2D eigenvalue weighted by atomic mass is 9.93. The first-order valence-electron chi connectivity index (χ1n) is 6.88. The van der Waals surface area contributed by atoms with Crippen molar-refractivity contribution in [3.05, 3.63) is 0 Å². The summed E-state index contributed by atoms with van der Waals surface area (Å²) in [4.78, 5) is 12.1. The van der Waals surface area contributed by atoms with Crippen LogP contribution in [0.3, 0.4) is 0 Å². The number of amides is 1. The second kappa shape index (κ2) is 5.83. The molecule has 1 saturated heterocycles. The summed E-state index contributed by atoms with van der Waals surface area (Å²) < 4.78 is 5.50. The minimum Gasteiger partial charge on any atom is -0.379 e. The van der Waals surface area contributed by atoms with Crippen LogP contribution in [0.1, 0.15) is 39.0 Å². The van der Waals surface area contributed by atoms with E-state index in [1.807, 2.05) is 0 Å². The van der Waals surface area contributed by atoms with Gasteiger partial charge in [0.2, 0.25) is 5.91 Å². The smallest absolute Gasteiger partial charge is 0.240 e. The van der Waals surface area contributed by atoms with Crippen LogP contribution in [-0.4, -0.2) is 37.7 Å². The molecule has 0 spiro atoms. The highest BCUT2D eigenvalue weighted by molar-refractivity contribution is 5.86. The van der Waals surface area contributed by atoms with E-state index in [0.717, 1.165) is 38.3 Å². The van der Waals surface area contributed by atoms with Crippen molar-refractivity contribution < 1.29 is 9.53 Å². The third-order valence-electron chi connectivity index (χ3n) is 3.86. The van der Waals surface area contributed by atoms with Crippen LogP contribution >= 0.6 is 0 Å². The van der Waals surface area contributed by atoms with E-state index in [1.165, 1.54) is 12.8 Å². The summed E-state index contributed by atoms with van der Waals surface area (Å²) in [5.74, 6) is 0.941. The number of carbonyl (C=O) groups is 1. The number of carbonyl (C=O) groups excluding carboxylic acids is 1. The Labute approximate surface area is 103 Å². The fourth-order valence-electron chi connectivity index (χ4n) is 2.40. The van der Waals surface area contributed by atoms with E-state index in [0.29, 0.717) is 13.2 Å². The van der Waals surface area contributed by atoms with Crippen LogP contribution in [0.2, 0.25) is 0 Å². The first kappa shape index (κ1) is 12.8. The van der Waals surface area contributed by atoms with Crippen molar-refractivity contribution in [2.24, 2.45) is 5.92 Å². The van der Waals surface area contributed by atoms with E-state index in [2.05, 4.69) is 17.6 Å². The van der Waals surface area contributed by atoms with Gasteiger partial charge in [-0.05, 0) is 44.6 Å². The van der Waals surface area contributed by atoms with Gasteiger partial charge >= 0.3 is 0 Å². The van der Waals surface area contributed by atoms with Crippen LogP contribution in [0.5, 0.6) is 0 Å². The molecule has 0 aromatic rings. The monoisotopic (exact) mass is 240 g/mol. The first-order valence-corrected chi connectivity index (χ1v) is 6.88. The third kappa shape index (κ3) is 3.42.